The monoisotopic (exact) mass is 234 g/mol. The van der Waals surface area contributed by atoms with E-state index >= 15 is 0 Å². The van der Waals surface area contributed by atoms with E-state index in [-0.39, 0.29) is 11.9 Å². The third-order valence-corrected chi connectivity index (χ3v) is 1.95. The molecule has 0 radical (unpaired) electrons. The zero-order valence-corrected chi connectivity index (χ0v) is 9.01. The van der Waals surface area contributed by atoms with Gasteiger partial charge in [-0.25, -0.2) is 4.98 Å². The summed E-state index contributed by atoms with van der Waals surface area (Å²) in [7, 11) is 0. The second-order valence-corrected chi connectivity index (χ2v) is 3.58. The summed E-state index contributed by atoms with van der Waals surface area (Å²) in [5.41, 5.74) is 6.92. The lowest BCUT2D eigenvalue weighted by Gasteiger charge is -2.12. The molecule has 1 heterocycles. The van der Waals surface area contributed by atoms with Crippen LogP contribution >= 0.6 is 0 Å². The Hall–Kier alpha value is -1.30. The Labute approximate surface area is 91.4 Å². The molecule has 16 heavy (non-hydrogen) atoms. The van der Waals surface area contributed by atoms with Crippen molar-refractivity contribution in [3.8, 4) is 5.88 Å². The molecule has 1 aromatic rings. The van der Waals surface area contributed by atoms with Gasteiger partial charge in [0, 0.05) is 17.8 Å². The fraction of sp³-hybridized carbons (Fsp3) is 0.500. The summed E-state index contributed by atoms with van der Waals surface area (Å²) in [6.07, 6.45) is -2.93. The second-order valence-electron chi connectivity index (χ2n) is 3.58. The molecule has 0 amide bonds. The summed E-state index contributed by atoms with van der Waals surface area (Å²) in [6.45, 7) is 2.07. The van der Waals surface area contributed by atoms with Crippen molar-refractivity contribution in [3.05, 3.63) is 23.4 Å². The SMILES string of the molecule is Cc1cc(C(C)N)cnc1OCC(F)(F)F. The zero-order chi connectivity index (χ0) is 12.3. The molecule has 1 rings (SSSR count). The molecule has 0 aromatic carbocycles. The van der Waals surface area contributed by atoms with Crippen LogP contribution in [0.25, 0.3) is 0 Å². The number of hydrogen-bond acceptors (Lipinski definition) is 3. The second kappa shape index (κ2) is 4.69. The van der Waals surface area contributed by atoms with E-state index in [0.29, 0.717) is 5.56 Å². The van der Waals surface area contributed by atoms with Gasteiger partial charge in [-0.15, -0.1) is 0 Å². The summed E-state index contributed by atoms with van der Waals surface area (Å²) in [5.74, 6) is -0.0123. The van der Waals surface area contributed by atoms with E-state index in [1.165, 1.54) is 6.20 Å². The van der Waals surface area contributed by atoms with Gasteiger partial charge in [-0.05, 0) is 25.5 Å². The van der Waals surface area contributed by atoms with Gasteiger partial charge in [-0.1, -0.05) is 0 Å². The van der Waals surface area contributed by atoms with Gasteiger partial charge in [0.1, 0.15) is 0 Å². The molecule has 90 valence electrons. The topological polar surface area (TPSA) is 48.1 Å². The number of aromatic nitrogens is 1. The smallest absolute Gasteiger partial charge is 0.422 e. The van der Waals surface area contributed by atoms with Gasteiger partial charge in [0.15, 0.2) is 6.61 Å². The first-order valence-corrected chi connectivity index (χ1v) is 4.71. The molecule has 3 nitrogen and oxygen atoms in total. The maximum absolute atomic E-state index is 11.9. The molecule has 0 spiro atoms. The molecule has 0 saturated heterocycles. The fourth-order valence-electron chi connectivity index (χ4n) is 1.13. The molecule has 1 aromatic heterocycles. The van der Waals surface area contributed by atoms with Crippen LogP contribution in [0, 0.1) is 6.92 Å². The zero-order valence-electron chi connectivity index (χ0n) is 9.01. The summed E-state index contributed by atoms with van der Waals surface area (Å²) in [6, 6.07) is 1.46. The van der Waals surface area contributed by atoms with Gasteiger partial charge >= 0.3 is 6.18 Å². The molecule has 0 aliphatic rings. The van der Waals surface area contributed by atoms with Crippen molar-refractivity contribution in [1.29, 1.82) is 0 Å². The Morgan fingerprint density at radius 3 is 2.56 bits per heavy atom. The van der Waals surface area contributed by atoms with E-state index in [0.717, 1.165) is 5.56 Å². The lowest BCUT2D eigenvalue weighted by atomic mass is 10.1. The van der Waals surface area contributed by atoms with Crippen LogP contribution in [0.1, 0.15) is 24.1 Å². The Morgan fingerprint density at radius 2 is 2.12 bits per heavy atom. The maximum atomic E-state index is 11.9. The van der Waals surface area contributed by atoms with Crippen LogP contribution in [0.4, 0.5) is 13.2 Å². The minimum Gasteiger partial charge on any atom is -0.468 e. The quantitative estimate of drug-likeness (QED) is 0.873. The molecule has 2 N–H and O–H groups in total. The fourth-order valence-corrected chi connectivity index (χ4v) is 1.13. The highest BCUT2D eigenvalue weighted by Crippen LogP contribution is 2.21. The van der Waals surface area contributed by atoms with Crippen LogP contribution in [-0.4, -0.2) is 17.8 Å². The summed E-state index contributed by atoms with van der Waals surface area (Å²) < 4.78 is 40.3. The van der Waals surface area contributed by atoms with Crippen molar-refractivity contribution in [1.82, 2.24) is 4.98 Å². The lowest BCUT2D eigenvalue weighted by molar-refractivity contribution is -0.154. The van der Waals surface area contributed by atoms with E-state index in [4.69, 9.17) is 5.73 Å². The van der Waals surface area contributed by atoms with Gasteiger partial charge in [0.05, 0.1) is 0 Å². The Kier molecular flexibility index (Phi) is 3.74. The third-order valence-electron chi connectivity index (χ3n) is 1.95. The van der Waals surface area contributed by atoms with Crippen LogP contribution in [0.5, 0.6) is 5.88 Å². The summed E-state index contributed by atoms with van der Waals surface area (Å²) in [4.78, 5) is 3.80. The van der Waals surface area contributed by atoms with E-state index in [2.05, 4.69) is 9.72 Å². The van der Waals surface area contributed by atoms with Crippen molar-refractivity contribution in [2.75, 3.05) is 6.61 Å². The summed E-state index contributed by atoms with van der Waals surface area (Å²) >= 11 is 0. The molecule has 0 aliphatic heterocycles. The van der Waals surface area contributed by atoms with Gasteiger partial charge in [0.2, 0.25) is 5.88 Å². The van der Waals surface area contributed by atoms with Crippen molar-refractivity contribution in [3.63, 3.8) is 0 Å². The van der Waals surface area contributed by atoms with Crippen LogP contribution in [-0.2, 0) is 0 Å². The van der Waals surface area contributed by atoms with Crippen molar-refractivity contribution >= 4 is 0 Å². The highest BCUT2D eigenvalue weighted by Gasteiger charge is 2.28. The Bertz CT molecular complexity index is 364. The van der Waals surface area contributed by atoms with Crippen LogP contribution < -0.4 is 10.5 Å². The first kappa shape index (κ1) is 12.8. The molecule has 0 aliphatic carbocycles. The minimum absolute atomic E-state index is 0.0123. The number of aryl methyl sites for hydroxylation is 1. The number of pyridine rings is 1. The molecule has 0 saturated carbocycles. The number of nitrogens with two attached hydrogens (primary N) is 1. The molecular weight excluding hydrogens is 221 g/mol. The normalized spacial score (nSPS) is 13.6. The van der Waals surface area contributed by atoms with Gasteiger partial charge in [-0.3, -0.25) is 0 Å². The van der Waals surface area contributed by atoms with Gasteiger partial charge < -0.3 is 10.5 Å². The molecule has 0 bridgehead atoms. The number of hydrogen-bond donors (Lipinski definition) is 1. The number of nitrogens with zero attached hydrogens (tertiary/aromatic N) is 1. The third kappa shape index (κ3) is 3.69. The average molecular weight is 234 g/mol. The minimum atomic E-state index is -4.35. The molecule has 0 fully saturated rings. The number of rotatable bonds is 3. The van der Waals surface area contributed by atoms with Crippen molar-refractivity contribution < 1.29 is 17.9 Å². The average Bonchev–Trinajstić information content (AvgIpc) is 2.14. The van der Waals surface area contributed by atoms with E-state index < -0.39 is 12.8 Å². The first-order chi connectivity index (χ1) is 7.29. The number of alkyl halides is 3. The predicted molar refractivity (Wildman–Crippen MR) is 53.1 cm³/mol. The highest BCUT2D eigenvalue weighted by molar-refractivity contribution is 5.29. The maximum Gasteiger partial charge on any atom is 0.422 e. The predicted octanol–water partition coefficient (Wildman–Crippen LogP) is 2.35. The van der Waals surface area contributed by atoms with E-state index in [1.807, 2.05) is 0 Å². The number of halogens is 3. The highest BCUT2D eigenvalue weighted by atomic mass is 19.4. The van der Waals surface area contributed by atoms with Crippen molar-refractivity contribution in [2.24, 2.45) is 5.73 Å². The summed E-state index contributed by atoms with van der Waals surface area (Å²) in [5, 5.41) is 0. The van der Waals surface area contributed by atoms with Crippen LogP contribution in [0.2, 0.25) is 0 Å². The molecular formula is C10H13F3N2O. The van der Waals surface area contributed by atoms with Gasteiger partial charge in [-0.2, -0.15) is 13.2 Å². The molecule has 6 heteroatoms. The Balaban J connectivity index is 2.76. The van der Waals surface area contributed by atoms with Crippen LogP contribution in [0.3, 0.4) is 0 Å². The van der Waals surface area contributed by atoms with Gasteiger partial charge in [0.25, 0.3) is 0 Å². The lowest BCUT2D eigenvalue weighted by Crippen LogP contribution is -2.20. The Morgan fingerprint density at radius 1 is 1.50 bits per heavy atom. The molecule has 1 unspecified atom stereocenters. The number of ether oxygens (including phenoxy) is 1. The van der Waals surface area contributed by atoms with Crippen molar-refractivity contribution in [2.45, 2.75) is 26.1 Å². The largest absolute Gasteiger partial charge is 0.468 e. The van der Waals surface area contributed by atoms with E-state index in [1.54, 1.807) is 19.9 Å². The first-order valence-electron chi connectivity index (χ1n) is 4.71. The molecule has 1 atom stereocenters. The van der Waals surface area contributed by atoms with Crippen LogP contribution in [0.15, 0.2) is 12.3 Å². The standard InChI is InChI=1S/C10H13F3N2O/c1-6-3-8(7(2)14)4-15-9(6)16-5-10(11,12)13/h3-4,7H,5,14H2,1-2H3. The van der Waals surface area contributed by atoms with E-state index in [9.17, 15) is 13.2 Å².